The summed E-state index contributed by atoms with van der Waals surface area (Å²) >= 11 is 0. The Morgan fingerprint density at radius 1 is 1.11 bits per heavy atom. The maximum absolute atomic E-state index is 11.5. The first-order valence-corrected chi connectivity index (χ1v) is 6.42. The molecule has 0 aromatic heterocycles. The van der Waals surface area contributed by atoms with Crippen LogP contribution in [0.3, 0.4) is 0 Å². The average Bonchev–Trinajstić information content (AvgIpc) is 2.27. The second-order valence-corrected chi connectivity index (χ2v) is 4.72. The zero-order chi connectivity index (χ0) is 13.3. The van der Waals surface area contributed by atoms with Gasteiger partial charge in [0.15, 0.2) is 0 Å². The van der Waals surface area contributed by atoms with E-state index in [1.165, 1.54) is 6.07 Å². The van der Waals surface area contributed by atoms with E-state index in [-0.39, 0.29) is 11.3 Å². The molecule has 0 saturated carbocycles. The van der Waals surface area contributed by atoms with Gasteiger partial charge in [0.05, 0.1) is 0 Å². The van der Waals surface area contributed by atoms with Crippen LogP contribution in [-0.2, 0) is 9.09 Å². The molecule has 0 atom stereocenters. The first-order valence-electron chi connectivity index (χ1n) is 4.89. The van der Waals surface area contributed by atoms with Crippen LogP contribution in [0.25, 0.3) is 10.8 Å². The van der Waals surface area contributed by atoms with Crippen LogP contribution >= 0.6 is 7.82 Å². The van der Waals surface area contributed by atoms with E-state index in [4.69, 9.17) is 9.79 Å². The van der Waals surface area contributed by atoms with Crippen molar-refractivity contribution in [2.75, 3.05) is 0 Å². The number of hydrogen-bond donors (Lipinski definition) is 3. The fourth-order valence-electron chi connectivity index (χ4n) is 1.58. The first kappa shape index (κ1) is 12.6. The van der Waals surface area contributed by atoms with Crippen LogP contribution in [-0.4, -0.2) is 20.9 Å². The number of benzene rings is 2. The lowest BCUT2D eigenvalue weighted by atomic mass is 10.1. The zero-order valence-electron chi connectivity index (χ0n) is 8.98. The molecule has 6 nitrogen and oxygen atoms in total. The SMILES string of the molecule is O=C(OP(=O)(O)O)c1ccc2ccccc2c1O. The minimum absolute atomic E-state index is 0.294. The van der Waals surface area contributed by atoms with Gasteiger partial charge >= 0.3 is 13.8 Å². The molecule has 94 valence electrons. The molecule has 0 aliphatic rings. The van der Waals surface area contributed by atoms with Gasteiger partial charge in [-0.2, -0.15) is 0 Å². The van der Waals surface area contributed by atoms with E-state index in [0.717, 1.165) is 0 Å². The summed E-state index contributed by atoms with van der Waals surface area (Å²) in [6, 6.07) is 9.53. The van der Waals surface area contributed by atoms with Crippen LogP contribution in [0.4, 0.5) is 0 Å². The van der Waals surface area contributed by atoms with Crippen LogP contribution < -0.4 is 0 Å². The number of hydrogen-bond acceptors (Lipinski definition) is 4. The lowest BCUT2D eigenvalue weighted by Gasteiger charge is -2.08. The van der Waals surface area contributed by atoms with Crippen LogP contribution in [0.15, 0.2) is 36.4 Å². The van der Waals surface area contributed by atoms with Gasteiger partial charge < -0.3 is 9.63 Å². The predicted molar refractivity (Wildman–Crippen MR) is 63.1 cm³/mol. The summed E-state index contributed by atoms with van der Waals surface area (Å²) in [6.07, 6.45) is 0. The molecule has 0 bridgehead atoms. The van der Waals surface area contributed by atoms with Gasteiger partial charge in [-0.05, 0) is 11.5 Å². The maximum atomic E-state index is 11.5. The molecule has 2 rings (SSSR count). The summed E-state index contributed by atoms with van der Waals surface area (Å²) in [5.41, 5.74) is -0.294. The van der Waals surface area contributed by atoms with Crippen LogP contribution in [0, 0.1) is 0 Å². The Balaban J connectivity index is 2.49. The van der Waals surface area contributed by atoms with Gasteiger partial charge in [-0.25, -0.2) is 9.36 Å². The van der Waals surface area contributed by atoms with Crippen molar-refractivity contribution in [1.82, 2.24) is 0 Å². The molecule has 0 spiro atoms. The summed E-state index contributed by atoms with van der Waals surface area (Å²) in [6.45, 7) is 0. The summed E-state index contributed by atoms with van der Waals surface area (Å²) in [4.78, 5) is 28.5. The highest BCUT2D eigenvalue weighted by atomic mass is 31.2. The third-order valence-electron chi connectivity index (χ3n) is 2.32. The summed E-state index contributed by atoms with van der Waals surface area (Å²) < 4.78 is 14.5. The quantitative estimate of drug-likeness (QED) is 0.717. The third kappa shape index (κ3) is 2.51. The number of phosphoric acid groups is 1. The second-order valence-electron chi connectivity index (χ2n) is 3.55. The summed E-state index contributed by atoms with van der Waals surface area (Å²) in [5, 5.41) is 11.0. The Bertz CT molecular complexity index is 660. The third-order valence-corrected chi connectivity index (χ3v) is 2.73. The molecule has 0 unspecified atom stereocenters. The van der Waals surface area contributed by atoms with Crippen LogP contribution in [0.5, 0.6) is 5.75 Å². The van der Waals surface area contributed by atoms with E-state index in [9.17, 15) is 14.5 Å². The van der Waals surface area contributed by atoms with Gasteiger partial charge in [0.2, 0.25) is 0 Å². The maximum Gasteiger partial charge on any atom is 0.527 e. The average molecular weight is 268 g/mol. The molecule has 0 heterocycles. The van der Waals surface area contributed by atoms with E-state index < -0.39 is 13.8 Å². The standard InChI is InChI=1S/C11H9O6P/c12-10-8-4-2-1-3-7(8)5-6-9(10)11(13)17-18(14,15)16/h1-6,12H,(H2,14,15,16). The number of phenols is 1. The van der Waals surface area contributed by atoms with Crippen LogP contribution in [0.2, 0.25) is 0 Å². The number of carbonyl (C=O) groups is 1. The number of aromatic hydroxyl groups is 1. The Hall–Kier alpha value is -1.88. The normalized spacial score (nSPS) is 11.4. The molecular formula is C11H9O6P. The highest BCUT2D eigenvalue weighted by Gasteiger charge is 2.24. The number of fused-ring (bicyclic) bond motifs is 1. The van der Waals surface area contributed by atoms with Gasteiger partial charge in [0.1, 0.15) is 11.3 Å². The van der Waals surface area contributed by atoms with Crippen molar-refractivity contribution in [2.24, 2.45) is 0 Å². The van der Waals surface area contributed by atoms with Crippen LogP contribution in [0.1, 0.15) is 10.4 Å². The highest BCUT2D eigenvalue weighted by molar-refractivity contribution is 7.46. The topological polar surface area (TPSA) is 104 Å². The Morgan fingerprint density at radius 2 is 1.78 bits per heavy atom. The smallest absolute Gasteiger partial charge is 0.506 e. The molecule has 2 aromatic carbocycles. The van der Waals surface area contributed by atoms with Gasteiger partial charge in [0, 0.05) is 5.39 Å². The molecular weight excluding hydrogens is 259 g/mol. The van der Waals surface area contributed by atoms with E-state index in [0.29, 0.717) is 10.8 Å². The van der Waals surface area contributed by atoms with Gasteiger partial charge in [-0.1, -0.05) is 30.3 Å². The lowest BCUT2D eigenvalue weighted by molar-refractivity contribution is 0.0675. The first-order chi connectivity index (χ1) is 8.38. The fourth-order valence-corrected chi connectivity index (χ4v) is 1.89. The number of phosphoric ester groups is 1. The Labute approximate surface area is 102 Å². The largest absolute Gasteiger partial charge is 0.527 e. The van der Waals surface area contributed by atoms with Crippen molar-refractivity contribution >= 4 is 24.6 Å². The van der Waals surface area contributed by atoms with Gasteiger partial charge in [0.25, 0.3) is 0 Å². The zero-order valence-corrected chi connectivity index (χ0v) is 9.87. The molecule has 18 heavy (non-hydrogen) atoms. The van der Waals surface area contributed by atoms with Crippen molar-refractivity contribution < 1.29 is 28.8 Å². The van der Waals surface area contributed by atoms with E-state index in [2.05, 4.69) is 4.52 Å². The lowest BCUT2D eigenvalue weighted by Crippen LogP contribution is -2.03. The van der Waals surface area contributed by atoms with Crippen molar-refractivity contribution in [2.45, 2.75) is 0 Å². The molecule has 0 aliphatic heterocycles. The molecule has 0 radical (unpaired) electrons. The summed E-state index contributed by atoms with van der Waals surface area (Å²) in [7, 11) is -4.93. The van der Waals surface area contributed by atoms with Crippen molar-refractivity contribution in [3.63, 3.8) is 0 Å². The number of rotatable bonds is 2. The number of phenolic OH excluding ortho intramolecular Hbond substituents is 1. The highest BCUT2D eigenvalue weighted by Crippen LogP contribution is 2.39. The molecule has 0 saturated heterocycles. The molecule has 0 fully saturated rings. The van der Waals surface area contributed by atoms with Crippen molar-refractivity contribution in [3.8, 4) is 5.75 Å². The molecule has 7 heteroatoms. The Kier molecular flexibility index (Phi) is 3.09. The monoisotopic (exact) mass is 268 g/mol. The van der Waals surface area contributed by atoms with E-state index >= 15 is 0 Å². The second kappa shape index (κ2) is 4.42. The van der Waals surface area contributed by atoms with Gasteiger partial charge in [-0.15, -0.1) is 0 Å². The number of carbonyl (C=O) groups excluding carboxylic acids is 1. The van der Waals surface area contributed by atoms with Crippen molar-refractivity contribution in [3.05, 3.63) is 42.0 Å². The van der Waals surface area contributed by atoms with E-state index in [1.54, 1.807) is 30.3 Å². The fraction of sp³-hybridized carbons (Fsp3) is 0. The van der Waals surface area contributed by atoms with Crippen molar-refractivity contribution in [1.29, 1.82) is 0 Å². The minimum Gasteiger partial charge on any atom is -0.506 e. The molecule has 0 aliphatic carbocycles. The van der Waals surface area contributed by atoms with E-state index in [1.807, 2.05) is 0 Å². The minimum atomic E-state index is -4.93. The molecule has 0 amide bonds. The Morgan fingerprint density at radius 3 is 2.44 bits per heavy atom. The van der Waals surface area contributed by atoms with Gasteiger partial charge in [-0.3, -0.25) is 9.79 Å². The summed E-state index contributed by atoms with van der Waals surface area (Å²) in [5.74, 6) is -1.64. The molecule has 3 N–H and O–H groups in total. The predicted octanol–water partition coefficient (Wildman–Crippen LogP) is 1.79. The molecule has 2 aromatic rings.